The van der Waals surface area contributed by atoms with Crippen LogP contribution in [0.4, 0.5) is 121 Å². The van der Waals surface area contributed by atoms with Crippen LogP contribution in [-0.2, 0) is 35.4 Å². The molecular formula is C10H7B7F28MoO3. The minimum absolute atomic E-state index is 0. The Labute approximate surface area is 270 Å². The summed E-state index contributed by atoms with van der Waals surface area (Å²) in [7, 11) is -42.0. The van der Waals surface area contributed by atoms with Crippen LogP contribution in [0.2, 0.25) is 0 Å². The van der Waals surface area contributed by atoms with Gasteiger partial charge in [-0.1, -0.05) is 0 Å². The zero-order valence-corrected chi connectivity index (χ0v) is 23.8. The van der Waals surface area contributed by atoms with Gasteiger partial charge in [-0.05, 0) is 0 Å². The monoisotopic (exact) mass is 882 g/mol. The maximum atomic E-state index is 9.75. The molecule has 0 aliphatic carbocycles. The predicted molar refractivity (Wildman–Crippen MR) is 119 cm³/mol. The van der Waals surface area contributed by atoms with Gasteiger partial charge in [0.05, 0.1) is 0 Å². The van der Waals surface area contributed by atoms with Crippen LogP contribution in [0, 0.1) is 0 Å². The minimum atomic E-state index is -6.00. The molecule has 0 spiro atoms. The molecule has 1 aromatic carbocycles. The van der Waals surface area contributed by atoms with Crippen molar-refractivity contribution >= 4 is 71.1 Å². The Morgan fingerprint density at radius 1 is 0.265 bits per heavy atom. The van der Waals surface area contributed by atoms with Crippen LogP contribution in [0.5, 0.6) is 0 Å². The average molecular weight is 879 g/mol. The normalized spacial score (nSPS) is 9.96. The minimum Gasteiger partial charge on any atom is -0.418 e. The zero-order chi connectivity index (χ0) is 42.4. The van der Waals surface area contributed by atoms with E-state index in [0.29, 0.717) is 0 Å². The van der Waals surface area contributed by atoms with E-state index in [1.807, 2.05) is 42.5 Å². The Kier molecular flexibility index (Phi) is 64.5. The van der Waals surface area contributed by atoms with Crippen molar-refractivity contribution in [2.24, 2.45) is 0 Å². The Morgan fingerprint density at radius 3 is 0.429 bits per heavy atom. The maximum Gasteiger partial charge on any atom is 6.00 e. The number of hydrogen-bond donors (Lipinski definition) is 0. The molecule has 0 saturated carbocycles. The molecule has 1 rings (SSSR count). The largest absolute Gasteiger partial charge is 6.00 e. The van der Waals surface area contributed by atoms with Crippen molar-refractivity contribution in [3.8, 4) is 0 Å². The van der Waals surface area contributed by atoms with E-state index in [2.05, 4.69) is 20.4 Å². The molecule has 288 valence electrons. The molecule has 0 unspecified atom stereocenters. The summed E-state index contributed by atoms with van der Waals surface area (Å²) >= 11 is 0. The topological polar surface area (TPSA) is 51.2 Å². The molecule has 0 aliphatic rings. The first-order chi connectivity index (χ1) is 20.5. The van der Waals surface area contributed by atoms with Crippen LogP contribution in [0.3, 0.4) is 0 Å². The van der Waals surface area contributed by atoms with Gasteiger partial charge in [-0.15, -0.1) is 0 Å². The maximum absolute atomic E-state index is 9.75. The molecule has 0 N–H and O–H groups in total. The Balaban J connectivity index is -0.0000000366. The summed E-state index contributed by atoms with van der Waals surface area (Å²) in [5.41, 5.74) is 0. The second kappa shape index (κ2) is 41.5. The number of rotatable bonds is 0. The number of hydrogen-bond acceptors (Lipinski definition) is 3. The fourth-order valence-corrected chi connectivity index (χ4v) is 0.449. The smallest absolute Gasteiger partial charge is 0.418 e. The Bertz CT molecular complexity index is 544. The quantitative estimate of drug-likeness (QED) is 0.148. The summed E-state index contributed by atoms with van der Waals surface area (Å²) in [5, 5.41) is 0. The molecule has 0 atom stereocenters. The van der Waals surface area contributed by atoms with Crippen LogP contribution in [-0.4, -0.2) is 71.1 Å². The van der Waals surface area contributed by atoms with Crippen LogP contribution < -0.4 is 0 Å². The van der Waals surface area contributed by atoms with E-state index in [-0.39, 0.29) is 21.1 Å². The van der Waals surface area contributed by atoms with Crippen molar-refractivity contribution in [2.75, 3.05) is 0 Å². The summed E-state index contributed by atoms with van der Waals surface area (Å²) in [6.45, 7) is 13.5. The first-order valence-electron chi connectivity index (χ1n) is 9.06. The van der Waals surface area contributed by atoms with Crippen molar-refractivity contribution in [3.63, 3.8) is 0 Å². The molecule has 0 saturated heterocycles. The van der Waals surface area contributed by atoms with Gasteiger partial charge in [0.2, 0.25) is 0 Å². The second-order valence-corrected chi connectivity index (χ2v) is 4.81. The molecule has 0 aliphatic heterocycles. The van der Waals surface area contributed by atoms with Crippen LogP contribution in [0.25, 0.3) is 0 Å². The van der Waals surface area contributed by atoms with Gasteiger partial charge in [0.15, 0.2) is 0 Å². The van der Waals surface area contributed by atoms with Crippen molar-refractivity contribution < 1.29 is 156 Å². The van der Waals surface area contributed by atoms with Crippen molar-refractivity contribution in [2.45, 2.75) is 0 Å². The zero-order valence-electron chi connectivity index (χ0n) is 21.8. The molecule has 0 fully saturated rings. The average Bonchev–Trinajstić information content (AvgIpc) is 3.03. The Morgan fingerprint density at radius 2 is 0.347 bits per heavy atom. The molecular weight excluding hydrogens is 872 g/mol. The fraction of sp³-hybridized carbons (Fsp3) is 0. The third-order valence-corrected chi connectivity index (χ3v) is 0.778. The van der Waals surface area contributed by atoms with Gasteiger partial charge in [0, 0.05) is 42.5 Å². The van der Waals surface area contributed by atoms with Gasteiger partial charge in [0.25, 0.3) is 20.4 Å². The number of halogens is 28. The fourth-order valence-electron chi connectivity index (χ4n) is 0.449. The van der Waals surface area contributed by atoms with E-state index < -0.39 is 50.8 Å². The van der Waals surface area contributed by atoms with E-state index in [0.717, 1.165) is 0 Å². The molecule has 1 aromatic rings. The molecule has 0 heterocycles. The van der Waals surface area contributed by atoms with Gasteiger partial charge in [0.1, 0.15) is 0 Å². The predicted octanol–water partition coefficient (Wildman–Crippen LogP) is 9.87. The molecule has 49 heavy (non-hydrogen) atoms. The summed E-state index contributed by atoms with van der Waals surface area (Å²) < 4.78 is 273. The second-order valence-electron chi connectivity index (χ2n) is 4.81. The summed E-state index contributed by atoms with van der Waals surface area (Å²) in [6.07, 6.45) is 0. The van der Waals surface area contributed by atoms with E-state index in [9.17, 15) is 121 Å². The molecule has 3 nitrogen and oxygen atoms in total. The van der Waals surface area contributed by atoms with E-state index in [1.54, 1.807) is 0 Å². The van der Waals surface area contributed by atoms with E-state index in [1.165, 1.54) is 0 Å². The Hall–Kier alpha value is -2.72. The van der Waals surface area contributed by atoms with Gasteiger partial charge >= 0.3 is 71.8 Å². The van der Waals surface area contributed by atoms with E-state index >= 15 is 0 Å². The number of carbonyl (C=O) groups excluding carboxylic acids is 3. The van der Waals surface area contributed by atoms with Crippen molar-refractivity contribution in [3.05, 3.63) is 42.5 Å². The summed E-state index contributed by atoms with van der Waals surface area (Å²) in [6, 6.07) is 14.0. The molecule has 0 bridgehead atoms. The molecule has 0 aromatic heterocycles. The standard InChI is InChI=1S/C7H7.3CO.7BF4.Mo/c1-2-4-6-7-5-3-1;3*1-2;7*2-1(3,4)5;/h1-7H;;;;;;;;;;;/q+1;;;;7*-1;+6. The first-order valence-corrected chi connectivity index (χ1v) is 9.06. The van der Waals surface area contributed by atoms with Gasteiger partial charge in [-0.3, -0.25) is 14.4 Å². The summed E-state index contributed by atoms with van der Waals surface area (Å²) in [4.78, 5) is 22.5. The van der Waals surface area contributed by atoms with Gasteiger partial charge in [-0.2, -0.15) is 0 Å². The third-order valence-electron chi connectivity index (χ3n) is 0.778. The molecule has 39 heteroatoms. The van der Waals surface area contributed by atoms with Gasteiger partial charge < -0.3 is 121 Å². The SMILES string of the molecule is F[B-](F)(F)F.F[B-](F)(F)F.F[B-](F)(F)F.F[B-](F)(F)F.F[B-](F)(F)F.F[B-](F)(F)F.F[B-](F)(F)F.[C]=O.[C]=O.[C]=O.[Mo+6].c1ccc[cH+]cc1. The summed E-state index contributed by atoms with van der Waals surface area (Å²) in [5.74, 6) is 0. The van der Waals surface area contributed by atoms with Gasteiger partial charge in [-0.25, -0.2) is 0 Å². The van der Waals surface area contributed by atoms with E-state index in [4.69, 9.17) is 14.4 Å². The molecule has 6 radical (unpaired) electrons. The van der Waals surface area contributed by atoms with Crippen LogP contribution in [0.15, 0.2) is 42.5 Å². The van der Waals surface area contributed by atoms with Crippen molar-refractivity contribution in [1.29, 1.82) is 0 Å². The van der Waals surface area contributed by atoms with Crippen LogP contribution >= 0.6 is 0 Å². The van der Waals surface area contributed by atoms with Crippen molar-refractivity contribution in [1.82, 2.24) is 0 Å². The molecule has 0 amide bonds. The van der Waals surface area contributed by atoms with Crippen LogP contribution in [0.1, 0.15) is 0 Å². The first kappa shape index (κ1) is 76.2. The third kappa shape index (κ3) is 4620.